The lowest BCUT2D eigenvalue weighted by molar-refractivity contribution is -0.142. The number of hydrogen-bond acceptors (Lipinski definition) is 2. The molecule has 1 aliphatic carbocycles. The van der Waals surface area contributed by atoms with Crippen LogP contribution in [-0.2, 0) is 4.79 Å². The number of aromatic nitrogens is 1. The maximum absolute atomic E-state index is 13.2. The van der Waals surface area contributed by atoms with Crippen molar-refractivity contribution >= 4 is 11.9 Å². The fourth-order valence-electron chi connectivity index (χ4n) is 4.40. The highest BCUT2D eigenvalue weighted by molar-refractivity contribution is 5.96. The van der Waals surface area contributed by atoms with Crippen LogP contribution in [0.3, 0.4) is 0 Å². The fourth-order valence-corrected chi connectivity index (χ4v) is 4.40. The van der Waals surface area contributed by atoms with E-state index in [1.807, 2.05) is 24.5 Å². The zero-order valence-corrected chi connectivity index (χ0v) is 15.5. The van der Waals surface area contributed by atoms with Crippen LogP contribution in [0.5, 0.6) is 0 Å². The van der Waals surface area contributed by atoms with Crippen LogP contribution in [0, 0.1) is 37.4 Å². The second-order valence-electron chi connectivity index (χ2n) is 7.75. The van der Waals surface area contributed by atoms with Crippen LogP contribution >= 0.6 is 0 Å². The van der Waals surface area contributed by atoms with Gasteiger partial charge in [0.15, 0.2) is 0 Å². The van der Waals surface area contributed by atoms with Gasteiger partial charge < -0.3 is 14.6 Å². The van der Waals surface area contributed by atoms with Crippen molar-refractivity contribution in [2.45, 2.75) is 26.7 Å². The number of likely N-dealkylation sites (tertiary alicyclic amines) is 1. The van der Waals surface area contributed by atoms with Gasteiger partial charge in [0.1, 0.15) is 5.82 Å². The quantitative estimate of drug-likeness (QED) is 0.897. The molecule has 2 atom stereocenters. The first-order chi connectivity index (χ1) is 12.9. The number of hydrogen-bond donors (Lipinski definition) is 1. The zero-order valence-electron chi connectivity index (χ0n) is 15.5. The third-order valence-corrected chi connectivity index (χ3v) is 5.94. The molecule has 1 aromatic carbocycles. The van der Waals surface area contributed by atoms with Gasteiger partial charge in [-0.3, -0.25) is 9.59 Å². The number of carbonyl (C=O) groups is 2. The lowest BCUT2D eigenvalue weighted by atomic mass is 9.92. The highest BCUT2D eigenvalue weighted by Crippen LogP contribution is 2.44. The van der Waals surface area contributed by atoms with Crippen molar-refractivity contribution in [2.75, 3.05) is 13.1 Å². The van der Waals surface area contributed by atoms with E-state index >= 15 is 0 Å². The van der Waals surface area contributed by atoms with Crippen LogP contribution in [0.4, 0.5) is 4.39 Å². The van der Waals surface area contributed by atoms with Crippen LogP contribution < -0.4 is 0 Å². The minimum absolute atomic E-state index is 0.0621. The van der Waals surface area contributed by atoms with E-state index in [-0.39, 0.29) is 24.2 Å². The molecule has 1 amide bonds. The molecule has 2 aliphatic rings. The molecule has 4 rings (SSSR count). The average molecular weight is 370 g/mol. The maximum atomic E-state index is 13.2. The molecule has 0 bridgehead atoms. The summed E-state index contributed by atoms with van der Waals surface area (Å²) < 4.78 is 15.2. The number of carboxylic acid groups (broad SMARTS) is 1. The molecule has 1 aromatic heterocycles. The third kappa shape index (κ3) is 3.13. The monoisotopic (exact) mass is 370 g/mol. The van der Waals surface area contributed by atoms with E-state index in [9.17, 15) is 19.1 Å². The Balaban J connectivity index is 1.62. The van der Waals surface area contributed by atoms with Gasteiger partial charge in [0.2, 0.25) is 0 Å². The van der Waals surface area contributed by atoms with Crippen LogP contribution in [0.2, 0.25) is 0 Å². The molecule has 1 saturated carbocycles. The topological polar surface area (TPSA) is 62.5 Å². The SMILES string of the molecule is Cc1cc(C(=O)N2C[C@H](C(=O)O)[C@@H](C3CC3)C2)c(C)n1-c1ccc(F)cc1. The Morgan fingerprint density at radius 3 is 2.37 bits per heavy atom. The number of rotatable bonds is 4. The van der Waals surface area contributed by atoms with Gasteiger partial charge in [-0.05, 0) is 68.9 Å². The third-order valence-electron chi connectivity index (χ3n) is 5.94. The summed E-state index contributed by atoms with van der Waals surface area (Å²) >= 11 is 0. The molecule has 1 aliphatic heterocycles. The molecule has 0 radical (unpaired) electrons. The predicted molar refractivity (Wildman–Crippen MR) is 98.4 cm³/mol. The first-order valence-corrected chi connectivity index (χ1v) is 9.33. The first-order valence-electron chi connectivity index (χ1n) is 9.33. The minimum atomic E-state index is -0.806. The van der Waals surface area contributed by atoms with Crippen molar-refractivity contribution in [1.29, 1.82) is 0 Å². The summed E-state index contributed by atoms with van der Waals surface area (Å²) in [6.45, 7) is 4.56. The lowest BCUT2D eigenvalue weighted by Crippen LogP contribution is -2.30. The van der Waals surface area contributed by atoms with Crippen LogP contribution in [0.15, 0.2) is 30.3 Å². The highest BCUT2D eigenvalue weighted by Gasteiger charge is 2.47. The van der Waals surface area contributed by atoms with Gasteiger partial charge in [-0.25, -0.2) is 4.39 Å². The van der Waals surface area contributed by atoms with Crippen LogP contribution in [-0.4, -0.2) is 39.5 Å². The van der Waals surface area contributed by atoms with E-state index in [1.54, 1.807) is 17.0 Å². The van der Waals surface area contributed by atoms with Crippen molar-refractivity contribution in [1.82, 2.24) is 9.47 Å². The molecule has 0 spiro atoms. The Bertz CT molecular complexity index is 899. The Kier molecular flexibility index (Phi) is 4.29. The zero-order chi connectivity index (χ0) is 19.3. The maximum Gasteiger partial charge on any atom is 0.308 e. The summed E-state index contributed by atoms with van der Waals surface area (Å²) in [7, 11) is 0. The largest absolute Gasteiger partial charge is 0.481 e. The van der Waals surface area contributed by atoms with Crippen LogP contribution in [0.25, 0.3) is 5.69 Å². The van der Waals surface area contributed by atoms with Gasteiger partial charge in [0, 0.05) is 30.2 Å². The molecule has 5 nitrogen and oxygen atoms in total. The van der Waals surface area contributed by atoms with Crippen molar-refractivity contribution in [3.05, 3.63) is 53.1 Å². The van der Waals surface area contributed by atoms with Crippen molar-refractivity contribution in [3.8, 4) is 5.69 Å². The number of aliphatic carboxylic acids is 1. The molecule has 142 valence electrons. The molecular weight excluding hydrogens is 347 g/mol. The predicted octanol–water partition coefficient (Wildman–Crippen LogP) is 3.42. The molecule has 1 N–H and O–H groups in total. The van der Waals surface area contributed by atoms with Crippen molar-refractivity contribution in [3.63, 3.8) is 0 Å². The summed E-state index contributed by atoms with van der Waals surface area (Å²) in [5, 5.41) is 9.53. The number of aryl methyl sites for hydroxylation is 1. The normalized spacial score (nSPS) is 22.3. The van der Waals surface area contributed by atoms with Gasteiger partial charge >= 0.3 is 5.97 Å². The molecule has 6 heteroatoms. The molecule has 0 unspecified atom stereocenters. The molecule has 2 aromatic rings. The summed E-state index contributed by atoms with van der Waals surface area (Å²) in [5.41, 5.74) is 3.05. The molecule has 2 fully saturated rings. The number of nitrogens with zero attached hydrogens (tertiary/aromatic N) is 2. The Labute approximate surface area is 157 Å². The van der Waals surface area contributed by atoms with Gasteiger partial charge in [-0.15, -0.1) is 0 Å². The van der Waals surface area contributed by atoms with Crippen LogP contribution in [0.1, 0.15) is 34.6 Å². The van der Waals surface area contributed by atoms with Gasteiger partial charge in [-0.2, -0.15) is 0 Å². The highest BCUT2D eigenvalue weighted by atomic mass is 19.1. The molecular formula is C21H23FN2O3. The Hall–Kier alpha value is -2.63. The summed E-state index contributed by atoms with van der Waals surface area (Å²) in [6.07, 6.45) is 2.13. The average Bonchev–Trinajstić information content (AvgIpc) is 3.30. The molecule has 1 saturated heterocycles. The Morgan fingerprint density at radius 1 is 1.11 bits per heavy atom. The smallest absolute Gasteiger partial charge is 0.308 e. The van der Waals surface area contributed by atoms with Gasteiger partial charge in [0.05, 0.1) is 11.5 Å². The van der Waals surface area contributed by atoms with Crippen molar-refractivity contribution in [2.24, 2.45) is 17.8 Å². The van der Waals surface area contributed by atoms with E-state index in [4.69, 9.17) is 0 Å². The van der Waals surface area contributed by atoms with E-state index < -0.39 is 11.9 Å². The number of halogens is 1. The van der Waals surface area contributed by atoms with Gasteiger partial charge in [0.25, 0.3) is 5.91 Å². The first kappa shape index (κ1) is 17.8. The number of amides is 1. The lowest BCUT2D eigenvalue weighted by Gasteiger charge is -2.17. The van der Waals surface area contributed by atoms with E-state index in [0.717, 1.165) is 29.9 Å². The Morgan fingerprint density at radius 2 is 1.78 bits per heavy atom. The molecule has 2 heterocycles. The van der Waals surface area contributed by atoms with Crippen molar-refractivity contribution < 1.29 is 19.1 Å². The second-order valence-corrected chi connectivity index (χ2v) is 7.75. The summed E-state index contributed by atoms with van der Waals surface area (Å²) in [5.74, 6) is -1.20. The number of carboxylic acids is 1. The second kappa shape index (κ2) is 6.51. The standard InChI is InChI=1S/C21H23FN2O3/c1-12-9-17(13(2)24(12)16-7-5-15(22)6-8-16)20(25)23-10-18(14-3-4-14)19(11-23)21(26)27/h5-9,14,18-19H,3-4,10-11H2,1-2H3,(H,26,27)/t18-,19+/m1/s1. The number of benzene rings is 1. The van der Waals surface area contributed by atoms with Gasteiger partial charge in [-0.1, -0.05) is 0 Å². The van der Waals surface area contributed by atoms with E-state index in [2.05, 4.69) is 0 Å². The van der Waals surface area contributed by atoms with E-state index in [1.165, 1.54) is 12.1 Å². The fraction of sp³-hybridized carbons (Fsp3) is 0.429. The minimum Gasteiger partial charge on any atom is -0.481 e. The molecule has 27 heavy (non-hydrogen) atoms. The summed E-state index contributed by atoms with van der Waals surface area (Å²) in [6, 6.07) is 8.00. The number of carbonyl (C=O) groups excluding carboxylic acids is 1. The summed E-state index contributed by atoms with van der Waals surface area (Å²) in [4.78, 5) is 26.4. The van der Waals surface area contributed by atoms with E-state index in [0.29, 0.717) is 18.0 Å².